The molecule has 5 nitrogen and oxygen atoms in total. The Kier molecular flexibility index (Phi) is 3.73. The second kappa shape index (κ2) is 5.66. The Morgan fingerprint density at radius 1 is 1.65 bits per heavy atom. The van der Waals surface area contributed by atoms with Crippen LogP contribution in [0.2, 0.25) is 0 Å². The summed E-state index contributed by atoms with van der Waals surface area (Å²) in [5.74, 6) is 0.819. The highest BCUT2D eigenvalue weighted by atomic mass is 32.1. The third kappa shape index (κ3) is 2.70. The quantitative estimate of drug-likeness (QED) is 0.939. The van der Waals surface area contributed by atoms with Gasteiger partial charge in [0.1, 0.15) is 11.8 Å². The molecule has 1 atom stereocenters. The Balaban J connectivity index is 1.64. The van der Waals surface area contributed by atoms with Crippen LogP contribution in [0.25, 0.3) is 0 Å². The highest BCUT2D eigenvalue weighted by Crippen LogP contribution is 2.29. The average molecular weight is 291 g/mol. The van der Waals surface area contributed by atoms with E-state index in [1.165, 1.54) is 4.88 Å². The molecular weight excluding hydrogens is 274 g/mol. The van der Waals surface area contributed by atoms with Crippen LogP contribution >= 0.6 is 11.3 Å². The largest absolute Gasteiger partial charge is 0.467 e. The number of hydrogen-bond donors (Lipinski definition) is 1. The van der Waals surface area contributed by atoms with Crippen molar-refractivity contribution in [3.05, 3.63) is 35.2 Å². The summed E-state index contributed by atoms with van der Waals surface area (Å²) in [7, 11) is 0. The molecule has 1 aliphatic rings. The first-order valence-corrected chi connectivity index (χ1v) is 7.55. The van der Waals surface area contributed by atoms with Gasteiger partial charge in [0.2, 0.25) is 5.91 Å². The monoisotopic (exact) mass is 291 g/mol. The number of thiazole rings is 1. The summed E-state index contributed by atoms with van der Waals surface area (Å²) >= 11 is 1.64. The fourth-order valence-electron chi connectivity index (χ4n) is 2.45. The van der Waals surface area contributed by atoms with Crippen LogP contribution < -0.4 is 10.2 Å². The second-order valence-corrected chi connectivity index (χ2v) is 6.12. The van der Waals surface area contributed by atoms with Gasteiger partial charge < -0.3 is 14.6 Å². The number of aromatic nitrogens is 1. The van der Waals surface area contributed by atoms with E-state index in [-0.39, 0.29) is 11.9 Å². The van der Waals surface area contributed by atoms with Crippen molar-refractivity contribution in [3.8, 4) is 0 Å². The lowest BCUT2D eigenvalue weighted by molar-refractivity contribution is -0.122. The molecule has 0 aromatic carbocycles. The van der Waals surface area contributed by atoms with Crippen LogP contribution in [0.5, 0.6) is 0 Å². The van der Waals surface area contributed by atoms with Gasteiger partial charge in [-0.25, -0.2) is 4.98 Å². The number of nitrogens with one attached hydrogen (secondary N) is 1. The number of amides is 1. The van der Waals surface area contributed by atoms with Crippen LogP contribution in [0.3, 0.4) is 0 Å². The minimum absolute atomic E-state index is 0.0479. The minimum atomic E-state index is -0.115. The SMILES string of the molecule is Cc1cnc(N2CCCC2C(=O)NCc2ccco2)s1. The average Bonchev–Trinajstić information content (AvgIpc) is 3.16. The number of anilines is 1. The lowest BCUT2D eigenvalue weighted by atomic mass is 10.2. The lowest BCUT2D eigenvalue weighted by Crippen LogP contribution is -2.43. The lowest BCUT2D eigenvalue weighted by Gasteiger charge is -2.22. The minimum Gasteiger partial charge on any atom is -0.467 e. The maximum atomic E-state index is 12.3. The third-order valence-electron chi connectivity index (χ3n) is 3.43. The standard InChI is InChI=1S/C14H17N3O2S/c1-10-8-16-14(20-10)17-6-2-5-12(17)13(18)15-9-11-4-3-7-19-11/h3-4,7-8,12H,2,5-6,9H2,1H3,(H,15,18). The van der Waals surface area contributed by atoms with Gasteiger partial charge in [-0.2, -0.15) is 0 Å². The molecule has 2 aromatic heterocycles. The van der Waals surface area contributed by atoms with Crippen molar-refractivity contribution in [3.63, 3.8) is 0 Å². The summed E-state index contributed by atoms with van der Waals surface area (Å²) in [6.07, 6.45) is 5.37. The summed E-state index contributed by atoms with van der Waals surface area (Å²) in [5.41, 5.74) is 0. The maximum Gasteiger partial charge on any atom is 0.243 e. The van der Waals surface area contributed by atoms with Gasteiger partial charge in [0.05, 0.1) is 12.8 Å². The van der Waals surface area contributed by atoms with Crippen molar-refractivity contribution in [2.75, 3.05) is 11.4 Å². The Morgan fingerprint density at radius 3 is 3.25 bits per heavy atom. The van der Waals surface area contributed by atoms with Crippen molar-refractivity contribution in [1.82, 2.24) is 10.3 Å². The molecule has 20 heavy (non-hydrogen) atoms. The van der Waals surface area contributed by atoms with Crippen molar-refractivity contribution in [2.45, 2.75) is 32.4 Å². The topological polar surface area (TPSA) is 58.4 Å². The first kappa shape index (κ1) is 13.2. The molecule has 3 heterocycles. The van der Waals surface area contributed by atoms with Gasteiger partial charge >= 0.3 is 0 Å². The van der Waals surface area contributed by atoms with E-state index in [1.807, 2.05) is 25.3 Å². The molecule has 1 fully saturated rings. The zero-order valence-electron chi connectivity index (χ0n) is 11.3. The number of furan rings is 1. The normalized spacial score (nSPS) is 18.4. The third-order valence-corrected chi connectivity index (χ3v) is 4.38. The fraction of sp³-hybridized carbons (Fsp3) is 0.429. The first-order chi connectivity index (χ1) is 9.74. The molecular formula is C14H17N3O2S. The fourth-order valence-corrected chi connectivity index (χ4v) is 3.28. The molecule has 1 N–H and O–H groups in total. The van der Waals surface area contributed by atoms with Gasteiger partial charge in [0, 0.05) is 17.6 Å². The molecule has 0 radical (unpaired) electrons. The molecule has 2 aromatic rings. The summed E-state index contributed by atoms with van der Waals surface area (Å²) in [6, 6.07) is 3.56. The predicted molar refractivity (Wildman–Crippen MR) is 77.8 cm³/mol. The zero-order chi connectivity index (χ0) is 13.9. The van der Waals surface area contributed by atoms with Gasteiger partial charge in [0.25, 0.3) is 0 Å². The molecule has 1 unspecified atom stereocenters. The zero-order valence-corrected chi connectivity index (χ0v) is 12.2. The van der Waals surface area contributed by atoms with E-state index >= 15 is 0 Å². The van der Waals surface area contributed by atoms with Crippen molar-refractivity contribution in [2.24, 2.45) is 0 Å². The van der Waals surface area contributed by atoms with Gasteiger partial charge in [0.15, 0.2) is 5.13 Å². The van der Waals surface area contributed by atoms with Crippen LogP contribution in [-0.4, -0.2) is 23.5 Å². The Morgan fingerprint density at radius 2 is 2.55 bits per heavy atom. The number of carbonyl (C=O) groups is 1. The summed E-state index contributed by atoms with van der Waals surface area (Å²) in [5, 5.41) is 3.88. The van der Waals surface area contributed by atoms with E-state index in [0.29, 0.717) is 6.54 Å². The highest BCUT2D eigenvalue weighted by Gasteiger charge is 2.32. The summed E-state index contributed by atoms with van der Waals surface area (Å²) in [4.78, 5) is 20.0. The molecule has 1 saturated heterocycles. The van der Waals surface area contributed by atoms with E-state index in [2.05, 4.69) is 15.2 Å². The van der Waals surface area contributed by atoms with Crippen molar-refractivity contribution < 1.29 is 9.21 Å². The maximum absolute atomic E-state index is 12.3. The number of nitrogens with zero attached hydrogens (tertiary/aromatic N) is 2. The van der Waals surface area contributed by atoms with Crippen LogP contribution in [0, 0.1) is 6.92 Å². The first-order valence-electron chi connectivity index (χ1n) is 6.73. The van der Waals surface area contributed by atoms with Crippen LogP contribution in [0.4, 0.5) is 5.13 Å². The number of aryl methyl sites for hydroxylation is 1. The molecule has 0 bridgehead atoms. The molecule has 1 aliphatic heterocycles. The number of carbonyl (C=O) groups excluding carboxylic acids is 1. The van der Waals surface area contributed by atoms with E-state index in [4.69, 9.17) is 4.42 Å². The second-order valence-electron chi connectivity index (χ2n) is 4.90. The van der Waals surface area contributed by atoms with Crippen LogP contribution in [0.15, 0.2) is 29.0 Å². The molecule has 6 heteroatoms. The van der Waals surface area contributed by atoms with Crippen molar-refractivity contribution >= 4 is 22.4 Å². The molecule has 106 valence electrons. The van der Waals surface area contributed by atoms with Crippen molar-refractivity contribution in [1.29, 1.82) is 0 Å². The predicted octanol–water partition coefficient (Wildman–Crippen LogP) is 2.33. The van der Waals surface area contributed by atoms with Gasteiger partial charge in [-0.3, -0.25) is 4.79 Å². The molecule has 3 rings (SSSR count). The van der Waals surface area contributed by atoms with Gasteiger partial charge in [-0.15, -0.1) is 11.3 Å². The molecule has 0 spiro atoms. The Bertz CT molecular complexity index is 579. The molecule has 1 amide bonds. The Hall–Kier alpha value is -1.82. The highest BCUT2D eigenvalue weighted by molar-refractivity contribution is 7.15. The van der Waals surface area contributed by atoms with E-state index in [9.17, 15) is 4.79 Å². The van der Waals surface area contributed by atoms with Crippen LogP contribution in [-0.2, 0) is 11.3 Å². The van der Waals surface area contributed by atoms with E-state index in [1.54, 1.807) is 17.6 Å². The Labute approximate surface area is 121 Å². The van der Waals surface area contributed by atoms with Gasteiger partial charge in [-0.1, -0.05) is 0 Å². The van der Waals surface area contributed by atoms with Crippen LogP contribution in [0.1, 0.15) is 23.5 Å². The van der Waals surface area contributed by atoms with E-state index in [0.717, 1.165) is 30.3 Å². The smallest absolute Gasteiger partial charge is 0.243 e. The van der Waals surface area contributed by atoms with E-state index < -0.39 is 0 Å². The number of rotatable bonds is 4. The molecule has 0 aliphatic carbocycles. The summed E-state index contributed by atoms with van der Waals surface area (Å²) < 4.78 is 5.22. The van der Waals surface area contributed by atoms with Gasteiger partial charge in [-0.05, 0) is 31.9 Å². The summed E-state index contributed by atoms with van der Waals surface area (Å²) in [6.45, 7) is 3.36. The molecule has 0 saturated carbocycles. The number of hydrogen-bond acceptors (Lipinski definition) is 5.